The SMILES string of the molecule is COc1cccc(C(=O)N2CCO[C@](CO)(Cc3ccccc3F)C2)c1. The van der Waals surface area contributed by atoms with Crippen molar-refractivity contribution in [1.29, 1.82) is 0 Å². The van der Waals surface area contributed by atoms with Crippen LogP contribution in [-0.4, -0.2) is 54.9 Å². The van der Waals surface area contributed by atoms with Crippen LogP contribution in [0, 0.1) is 5.82 Å². The zero-order valence-corrected chi connectivity index (χ0v) is 14.7. The number of halogens is 1. The Hall–Kier alpha value is -2.44. The standard InChI is InChI=1S/C20H22FNO4/c1-25-17-7-4-6-15(11-17)19(24)22-9-10-26-20(13-22,14-23)12-16-5-2-3-8-18(16)21/h2-8,11,23H,9-10,12-14H2,1H3/t20-/m1/s1. The van der Waals surface area contributed by atoms with Crippen LogP contribution in [0.1, 0.15) is 15.9 Å². The lowest BCUT2D eigenvalue weighted by Crippen LogP contribution is -2.56. The van der Waals surface area contributed by atoms with E-state index in [2.05, 4.69) is 0 Å². The van der Waals surface area contributed by atoms with Gasteiger partial charge in [-0.3, -0.25) is 4.79 Å². The molecule has 0 spiro atoms. The minimum absolute atomic E-state index is 0.168. The van der Waals surface area contributed by atoms with Gasteiger partial charge in [0.15, 0.2) is 0 Å². The topological polar surface area (TPSA) is 59.0 Å². The van der Waals surface area contributed by atoms with Crippen LogP contribution in [0.2, 0.25) is 0 Å². The van der Waals surface area contributed by atoms with E-state index in [1.165, 1.54) is 6.07 Å². The highest BCUT2D eigenvalue weighted by molar-refractivity contribution is 5.94. The lowest BCUT2D eigenvalue weighted by atomic mass is 9.92. The molecule has 1 aliphatic rings. The zero-order valence-electron chi connectivity index (χ0n) is 14.7. The van der Waals surface area contributed by atoms with Crippen LogP contribution >= 0.6 is 0 Å². The van der Waals surface area contributed by atoms with Crippen molar-refractivity contribution in [2.45, 2.75) is 12.0 Å². The van der Waals surface area contributed by atoms with Gasteiger partial charge in [0, 0.05) is 18.5 Å². The van der Waals surface area contributed by atoms with E-state index < -0.39 is 5.60 Å². The number of benzene rings is 2. The van der Waals surface area contributed by atoms with Crippen molar-refractivity contribution in [1.82, 2.24) is 4.90 Å². The lowest BCUT2D eigenvalue weighted by molar-refractivity contribution is -0.123. The Morgan fingerprint density at radius 3 is 2.85 bits per heavy atom. The highest BCUT2D eigenvalue weighted by atomic mass is 19.1. The molecule has 1 amide bonds. The molecular weight excluding hydrogens is 337 g/mol. The van der Waals surface area contributed by atoms with Crippen LogP contribution < -0.4 is 4.74 Å². The number of aliphatic hydroxyl groups excluding tert-OH is 1. The van der Waals surface area contributed by atoms with Crippen LogP contribution in [0.3, 0.4) is 0 Å². The number of aliphatic hydroxyl groups is 1. The molecule has 2 aromatic carbocycles. The number of rotatable bonds is 5. The Balaban J connectivity index is 1.80. The normalized spacial score (nSPS) is 20.0. The quantitative estimate of drug-likeness (QED) is 0.890. The number of ether oxygens (including phenoxy) is 2. The van der Waals surface area contributed by atoms with Crippen LogP contribution in [-0.2, 0) is 11.2 Å². The van der Waals surface area contributed by atoms with Gasteiger partial charge in [-0.15, -0.1) is 0 Å². The van der Waals surface area contributed by atoms with E-state index in [4.69, 9.17) is 9.47 Å². The van der Waals surface area contributed by atoms with Gasteiger partial charge in [0.25, 0.3) is 5.91 Å². The predicted octanol–water partition coefficient (Wildman–Crippen LogP) is 2.28. The Morgan fingerprint density at radius 1 is 1.31 bits per heavy atom. The summed E-state index contributed by atoms with van der Waals surface area (Å²) in [5.74, 6) is 0.0858. The van der Waals surface area contributed by atoms with Gasteiger partial charge in [0.05, 0.1) is 26.9 Å². The van der Waals surface area contributed by atoms with Crippen LogP contribution in [0.25, 0.3) is 0 Å². The van der Waals surface area contributed by atoms with E-state index in [9.17, 15) is 14.3 Å². The first-order valence-electron chi connectivity index (χ1n) is 8.48. The molecule has 26 heavy (non-hydrogen) atoms. The molecule has 0 saturated carbocycles. The van der Waals surface area contributed by atoms with E-state index in [1.54, 1.807) is 54.5 Å². The van der Waals surface area contributed by atoms with Gasteiger partial charge in [-0.2, -0.15) is 0 Å². The van der Waals surface area contributed by atoms with E-state index in [0.717, 1.165) is 0 Å². The summed E-state index contributed by atoms with van der Waals surface area (Å²) in [7, 11) is 1.55. The fourth-order valence-corrected chi connectivity index (χ4v) is 3.20. The fourth-order valence-electron chi connectivity index (χ4n) is 3.20. The molecule has 0 unspecified atom stereocenters. The van der Waals surface area contributed by atoms with E-state index >= 15 is 0 Å². The highest BCUT2D eigenvalue weighted by Gasteiger charge is 2.39. The molecule has 2 aromatic rings. The number of morpholine rings is 1. The van der Waals surface area contributed by atoms with E-state index in [1.807, 2.05) is 0 Å². The van der Waals surface area contributed by atoms with Crippen LogP contribution in [0.4, 0.5) is 4.39 Å². The predicted molar refractivity (Wildman–Crippen MR) is 94.8 cm³/mol. The average Bonchev–Trinajstić information content (AvgIpc) is 2.69. The maximum atomic E-state index is 14.0. The molecule has 1 heterocycles. The molecule has 1 fully saturated rings. The molecule has 3 rings (SSSR count). The van der Waals surface area contributed by atoms with Gasteiger partial charge >= 0.3 is 0 Å². The summed E-state index contributed by atoms with van der Waals surface area (Å²) in [5, 5.41) is 9.94. The van der Waals surface area contributed by atoms with Crippen LogP contribution in [0.5, 0.6) is 5.75 Å². The summed E-state index contributed by atoms with van der Waals surface area (Å²) in [6, 6.07) is 13.3. The van der Waals surface area contributed by atoms with Crippen molar-refractivity contribution in [3.63, 3.8) is 0 Å². The molecule has 1 aliphatic heterocycles. The second-order valence-corrected chi connectivity index (χ2v) is 6.42. The van der Waals surface area contributed by atoms with Crippen molar-refractivity contribution < 1.29 is 23.8 Å². The van der Waals surface area contributed by atoms with Gasteiger partial charge in [0.1, 0.15) is 17.2 Å². The number of nitrogens with zero attached hydrogens (tertiary/aromatic N) is 1. The zero-order chi connectivity index (χ0) is 18.6. The van der Waals surface area contributed by atoms with Gasteiger partial charge in [-0.05, 0) is 29.8 Å². The summed E-state index contributed by atoms with van der Waals surface area (Å²) in [4.78, 5) is 14.5. The van der Waals surface area contributed by atoms with Gasteiger partial charge in [-0.25, -0.2) is 4.39 Å². The van der Waals surface area contributed by atoms with Crippen molar-refractivity contribution in [2.75, 3.05) is 33.4 Å². The molecule has 1 saturated heterocycles. The molecule has 1 N–H and O–H groups in total. The summed E-state index contributed by atoms with van der Waals surface area (Å²) in [5.41, 5.74) is -0.0594. The highest BCUT2D eigenvalue weighted by Crippen LogP contribution is 2.26. The molecule has 0 bridgehead atoms. The number of carbonyl (C=O) groups excluding carboxylic acids is 1. The Morgan fingerprint density at radius 2 is 2.12 bits per heavy atom. The molecule has 6 heteroatoms. The lowest BCUT2D eigenvalue weighted by Gasteiger charge is -2.42. The number of amides is 1. The summed E-state index contributed by atoms with van der Waals surface area (Å²) < 4.78 is 25.0. The van der Waals surface area contributed by atoms with Gasteiger partial charge < -0.3 is 19.5 Å². The number of hydrogen-bond acceptors (Lipinski definition) is 4. The van der Waals surface area contributed by atoms with Crippen molar-refractivity contribution in [3.8, 4) is 5.75 Å². The maximum Gasteiger partial charge on any atom is 0.254 e. The first kappa shape index (κ1) is 18.4. The maximum absolute atomic E-state index is 14.0. The summed E-state index contributed by atoms with van der Waals surface area (Å²) in [6.45, 7) is 0.580. The largest absolute Gasteiger partial charge is 0.497 e. The third kappa shape index (κ3) is 3.86. The summed E-state index contributed by atoms with van der Waals surface area (Å²) in [6.07, 6.45) is 0.193. The number of methoxy groups -OCH3 is 1. The fraction of sp³-hybridized carbons (Fsp3) is 0.350. The monoisotopic (exact) mass is 359 g/mol. The van der Waals surface area contributed by atoms with Gasteiger partial charge in [-0.1, -0.05) is 24.3 Å². The minimum Gasteiger partial charge on any atom is -0.497 e. The second-order valence-electron chi connectivity index (χ2n) is 6.42. The third-order valence-corrected chi connectivity index (χ3v) is 4.61. The van der Waals surface area contributed by atoms with E-state index in [0.29, 0.717) is 23.4 Å². The molecule has 138 valence electrons. The Labute approximate surface area is 152 Å². The first-order valence-corrected chi connectivity index (χ1v) is 8.48. The van der Waals surface area contributed by atoms with Crippen LogP contribution in [0.15, 0.2) is 48.5 Å². The molecular formula is C20H22FNO4. The number of hydrogen-bond donors (Lipinski definition) is 1. The van der Waals surface area contributed by atoms with Crippen molar-refractivity contribution in [2.24, 2.45) is 0 Å². The molecule has 0 radical (unpaired) electrons. The number of carbonyl (C=O) groups is 1. The molecule has 0 aliphatic carbocycles. The Kier molecular flexibility index (Phi) is 5.54. The van der Waals surface area contributed by atoms with E-state index in [-0.39, 0.29) is 37.9 Å². The first-order chi connectivity index (χ1) is 12.6. The Bertz CT molecular complexity index is 782. The minimum atomic E-state index is -1.02. The van der Waals surface area contributed by atoms with Crippen molar-refractivity contribution in [3.05, 3.63) is 65.5 Å². The molecule has 1 atom stereocenters. The average molecular weight is 359 g/mol. The molecule has 5 nitrogen and oxygen atoms in total. The van der Waals surface area contributed by atoms with Crippen molar-refractivity contribution >= 4 is 5.91 Å². The molecule has 0 aromatic heterocycles. The van der Waals surface area contributed by atoms with Gasteiger partial charge in [0.2, 0.25) is 0 Å². The second kappa shape index (κ2) is 7.85. The third-order valence-electron chi connectivity index (χ3n) is 4.61. The summed E-state index contributed by atoms with van der Waals surface area (Å²) >= 11 is 0. The smallest absolute Gasteiger partial charge is 0.254 e.